The van der Waals surface area contributed by atoms with Crippen molar-refractivity contribution in [2.24, 2.45) is 0 Å². The molecule has 0 bridgehead atoms. The van der Waals surface area contributed by atoms with Crippen LogP contribution in [0.5, 0.6) is 11.5 Å². The fourth-order valence-electron chi connectivity index (χ4n) is 1.78. The molecule has 2 rings (SSSR count). The van der Waals surface area contributed by atoms with Crippen LogP contribution in [-0.4, -0.2) is 7.11 Å². The van der Waals surface area contributed by atoms with Crippen molar-refractivity contribution in [3.05, 3.63) is 64.1 Å². The second kappa shape index (κ2) is 7.51. The number of benzene rings is 2. The summed E-state index contributed by atoms with van der Waals surface area (Å²) in [7, 11) is 1.60. The van der Waals surface area contributed by atoms with E-state index < -0.39 is 0 Å². The summed E-state index contributed by atoms with van der Waals surface area (Å²) in [4.78, 5) is 0. The van der Waals surface area contributed by atoms with Crippen molar-refractivity contribution in [2.45, 2.75) is 6.61 Å². The summed E-state index contributed by atoms with van der Waals surface area (Å²) in [6, 6.07) is 15.5. The van der Waals surface area contributed by atoms with Crippen LogP contribution in [0, 0.1) is 11.3 Å². The van der Waals surface area contributed by atoms with Crippen molar-refractivity contribution in [1.29, 1.82) is 5.26 Å². The van der Waals surface area contributed by atoms with Gasteiger partial charge in [0.2, 0.25) is 0 Å². The van der Waals surface area contributed by atoms with Gasteiger partial charge in [-0.2, -0.15) is 5.26 Å². The molecule has 0 saturated carbocycles. The molecule has 21 heavy (non-hydrogen) atoms. The van der Waals surface area contributed by atoms with Gasteiger partial charge in [-0.15, -0.1) is 0 Å². The Morgan fingerprint density at radius 1 is 1.14 bits per heavy atom. The number of hydrogen-bond donors (Lipinski definition) is 0. The highest BCUT2D eigenvalue weighted by atomic mass is 79.9. The highest BCUT2D eigenvalue weighted by Crippen LogP contribution is 2.29. The summed E-state index contributed by atoms with van der Waals surface area (Å²) in [5.74, 6) is 1.32. The Bertz CT molecular complexity index is 672. The maximum absolute atomic E-state index is 8.54. The van der Waals surface area contributed by atoms with Gasteiger partial charge in [0.15, 0.2) is 11.5 Å². The molecule has 2 aromatic carbocycles. The summed E-state index contributed by atoms with van der Waals surface area (Å²) in [6.07, 6.45) is 3.15. The molecule has 0 N–H and O–H groups in total. The maximum Gasteiger partial charge on any atom is 0.161 e. The number of ether oxygens (including phenoxy) is 2. The third-order valence-corrected chi connectivity index (χ3v) is 3.37. The number of nitrogens with zero attached hydrogens (tertiary/aromatic N) is 1. The molecule has 0 spiro atoms. The minimum atomic E-state index is 0.469. The van der Waals surface area contributed by atoms with Crippen molar-refractivity contribution in [2.75, 3.05) is 7.11 Å². The molecule has 0 unspecified atom stereocenters. The van der Waals surface area contributed by atoms with Gasteiger partial charge < -0.3 is 9.47 Å². The summed E-state index contributed by atoms with van der Waals surface area (Å²) < 4.78 is 12.1. The predicted octanol–water partition coefficient (Wildman–Crippen LogP) is 4.57. The van der Waals surface area contributed by atoms with Crippen molar-refractivity contribution >= 4 is 22.0 Å². The number of rotatable bonds is 5. The van der Waals surface area contributed by atoms with Gasteiger partial charge in [-0.1, -0.05) is 34.1 Å². The normalized spacial score (nSPS) is 10.3. The minimum Gasteiger partial charge on any atom is -0.493 e. The summed E-state index contributed by atoms with van der Waals surface area (Å²) in [6.45, 7) is 0.469. The van der Waals surface area contributed by atoms with E-state index in [1.54, 1.807) is 13.2 Å². The van der Waals surface area contributed by atoms with Gasteiger partial charge in [0.25, 0.3) is 0 Å². The van der Waals surface area contributed by atoms with Gasteiger partial charge in [-0.25, -0.2) is 0 Å². The lowest BCUT2D eigenvalue weighted by Gasteiger charge is -2.11. The van der Waals surface area contributed by atoms with Crippen LogP contribution in [0.15, 0.2) is 53.0 Å². The smallest absolute Gasteiger partial charge is 0.161 e. The van der Waals surface area contributed by atoms with Crippen molar-refractivity contribution in [3.63, 3.8) is 0 Å². The molecule has 0 fully saturated rings. The molecule has 3 nitrogen and oxygen atoms in total. The Labute approximate surface area is 132 Å². The number of halogens is 1. The van der Waals surface area contributed by atoms with E-state index in [2.05, 4.69) is 15.9 Å². The molecule has 0 aliphatic carbocycles. The molecule has 0 aliphatic rings. The first-order valence-electron chi connectivity index (χ1n) is 6.34. The summed E-state index contributed by atoms with van der Waals surface area (Å²) >= 11 is 3.40. The van der Waals surface area contributed by atoms with Gasteiger partial charge in [0, 0.05) is 10.5 Å². The standard InChI is InChI=1S/C17H14BrNO2/c1-20-17-11-13(3-2-10-19)6-9-16(17)21-12-14-4-7-15(18)8-5-14/h2-9,11H,12H2,1H3. The monoisotopic (exact) mass is 343 g/mol. The van der Waals surface area contributed by atoms with Crippen LogP contribution in [0.2, 0.25) is 0 Å². The Hall–Kier alpha value is -2.25. The molecule has 0 saturated heterocycles. The predicted molar refractivity (Wildman–Crippen MR) is 86.1 cm³/mol. The van der Waals surface area contributed by atoms with Crippen LogP contribution >= 0.6 is 15.9 Å². The fourth-order valence-corrected chi connectivity index (χ4v) is 2.05. The molecule has 4 heteroatoms. The first-order valence-corrected chi connectivity index (χ1v) is 7.13. The lowest BCUT2D eigenvalue weighted by Crippen LogP contribution is -1.97. The molecule has 0 radical (unpaired) electrons. The Morgan fingerprint density at radius 3 is 2.57 bits per heavy atom. The molecular formula is C17H14BrNO2. The molecule has 0 aliphatic heterocycles. The van der Waals surface area contributed by atoms with E-state index >= 15 is 0 Å². The average molecular weight is 344 g/mol. The molecule has 106 valence electrons. The van der Waals surface area contributed by atoms with Gasteiger partial charge in [0.05, 0.1) is 13.2 Å². The van der Waals surface area contributed by atoms with Crippen LogP contribution in [0.1, 0.15) is 11.1 Å². The van der Waals surface area contributed by atoms with Gasteiger partial charge in [-0.05, 0) is 41.5 Å². The number of nitriles is 1. The highest BCUT2D eigenvalue weighted by molar-refractivity contribution is 9.10. The van der Waals surface area contributed by atoms with Gasteiger partial charge in [0.1, 0.15) is 6.61 Å². The van der Waals surface area contributed by atoms with E-state index in [-0.39, 0.29) is 0 Å². The third kappa shape index (κ3) is 4.37. The van der Waals surface area contributed by atoms with E-state index in [0.29, 0.717) is 18.1 Å². The molecular weight excluding hydrogens is 330 g/mol. The largest absolute Gasteiger partial charge is 0.493 e. The molecule has 0 aromatic heterocycles. The fraction of sp³-hybridized carbons (Fsp3) is 0.118. The number of hydrogen-bond acceptors (Lipinski definition) is 3. The topological polar surface area (TPSA) is 42.2 Å². The van der Waals surface area contributed by atoms with E-state index in [1.165, 1.54) is 6.08 Å². The lowest BCUT2D eigenvalue weighted by molar-refractivity contribution is 0.284. The first kappa shape index (κ1) is 15.1. The zero-order valence-electron chi connectivity index (χ0n) is 11.5. The van der Waals surface area contributed by atoms with Crippen LogP contribution in [0.3, 0.4) is 0 Å². The van der Waals surface area contributed by atoms with E-state index in [1.807, 2.05) is 48.5 Å². The van der Waals surface area contributed by atoms with Gasteiger partial charge in [-0.3, -0.25) is 0 Å². The van der Waals surface area contributed by atoms with Gasteiger partial charge >= 0.3 is 0 Å². The lowest BCUT2D eigenvalue weighted by atomic mass is 10.2. The van der Waals surface area contributed by atoms with Crippen LogP contribution in [-0.2, 0) is 6.61 Å². The Morgan fingerprint density at radius 2 is 1.90 bits per heavy atom. The molecule has 0 heterocycles. The molecule has 0 amide bonds. The number of methoxy groups -OCH3 is 1. The Kier molecular flexibility index (Phi) is 5.42. The SMILES string of the molecule is COc1cc(C=CC#N)ccc1OCc1ccc(Br)cc1. The van der Waals surface area contributed by atoms with Crippen LogP contribution < -0.4 is 9.47 Å². The maximum atomic E-state index is 8.54. The molecule has 2 aromatic rings. The first-order chi connectivity index (χ1) is 10.2. The van der Waals surface area contributed by atoms with Crippen LogP contribution in [0.25, 0.3) is 6.08 Å². The van der Waals surface area contributed by atoms with Crippen molar-refractivity contribution < 1.29 is 9.47 Å². The zero-order chi connectivity index (χ0) is 15.1. The summed E-state index contributed by atoms with van der Waals surface area (Å²) in [5, 5.41) is 8.54. The summed E-state index contributed by atoms with van der Waals surface area (Å²) in [5.41, 5.74) is 1.97. The minimum absolute atomic E-state index is 0.469. The molecule has 0 atom stereocenters. The quantitative estimate of drug-likeness (QED) is 0.746. The zero-order valence-corrected chi connectivity index (χ0v) is 13.1. The average Bonchev–Trinajstić information content (AvgIpc) is 2.52. The van der Waals surface area contributed by atoms with E-state index in [4.69, 9.17) is 14.7 Å². The van der Waals surface area contributed by atoms with Crippen LogP contribution in [0.4, 0.5) is 0 Å². The number of allylic oxidation sites excluding steroid dienone is 1. The second-order valence-corrected chi connectivity index (χ2v) is 5.20. The second-order valence-electron chi connectivity index (χ2n) is 4.29. The van der Waals surface area contributed by atoms with Crippen molar-refractivity contribution in [3.8, 4) is 17.6 Å². The van der Waals surface area contributed by atoms with E-state index in [9.17, 15) is 0 Å². The van der Waals surface area contributed by atoms with E-state index in [0.717, 1.165) is 15.6 Å². The Balaban J connectivity index is 2.10. The highest BCUT2D eigenvalue weighted by Gasteiger charge is 2.05. The van der Waals surface area contributed by atoms with Crippen molar-refractivity contribution in [1.82, 2.24) is 0 Å². The third-order valence-electron chi connectivity index (χ3n) is 2.85.